The van der Waals surface area contributed by atoms with E-state index in [0.29, 0.717) is 22.5 Å². The van der Waals surface area contributed by atoms with Crippen LogP contribution in [-0.2, 0) is 4.79 Å². The normalized spacial score (nSPS) is 10.3. The molecule has 0 saturated carbocycles. The van der Waals surface area contributed by atoms with Gasteiger partial charge in [0.1, 0.15) is 0 Å². The van der Waals surface area contributed by atoms with Gasteiger partial charge in [-0.3, -0.25) is 14.4 Å². The highest BCUT2D eigenvalue weighted by molar-refractivity contribution is 6.04. The molecule has 9 nitrogen and oxygen atoms in total. The van der Waals surface area contributed by atoms with E-state index in [4.69, 9.17) is 5.73 Å². The second-order valence-electron chi connectivity index (χ2n) is 6.49. The lowest BCUT2D eigenvalue weighted by Gasteiger charge is -2.18. The molecule has 3 N–H and O–H groups in total. The third kappa shape index (κ3) is 6.00. The number of aromatic nitrogens is 4. The molecule has 0 radical (unpaired) electrons. The van der Waals surface area contributed by atoms with Crippen molar-refractivity contribution in [3.63, 3.8) is 0 Å². The van der Waals surface area contributed by atoms with Crippen LogP contribution in [0.15, 0.2) is 24.8 Å². The number of carbonyl (C=O) groups excluding carboxylic acids is 3. The number of nitrogens with zero attached hydrogens (tertiary/aromatic N) is 4. The van der Waals surface area contributed by atoms with E-state index in [1.165, 1.54) is 38.6 Å². The molecule has 0 aliphatic carbocycles. The van der Waals surface area contributed by atoms with Crippen molar-refractivity contribution in [2.45, 2.75) is 34.6 Å². The van der Waals surface area contributed by atoms with Gasteiger partial charge in [0.25, 0.3) is 0 Å². The Kier molecular flexibility index (Phi) is 7.00. The molecule has 2 aromatic rings. The molecule has 0 unspecified atom stereocenters. The van der Waals surface area contributed by atoms with Crippen LogP contribution in [0.25, 0.3) is 0 Å². The van der Waals surface area contributed by atoms with Crippen LogP contribution in [0.2, 0.25) is 0 Å². The fourth-order valence-electron chi connectivity index (χ4n) is 1.64. The molecule has 138 valence electrons. The fourth-order valence-corrected chi connectivity index (χ4v) is 1.64. The Morgan fingerprint density at radius 1 is 0.846 bits per heavy atom. The Balaban J connectivity index is 0.000000289. The first-order chi connectivity index (χ1) is 12.0. The third-order valence-electron chi connectivity index (χ3n) is 3.18. The van der Waals surface area contributed by atoms with Gasteiger partial charge in [-0.15, -0.1) is 0 Å². The van der Waals surface area contributed by atoms with Gasteiger partial charge in [0, 0.05) is 5.41 Å². The summed E-state index contributed by atoms with van der Waals surface area (Å²) >= 11 is 0. The first kappa shape index (κ1) is 20.8. The molecule has 2 aromatic heterocycles. The van der Waals surface area contributed by atoms with Crippen LogP contribution >= 0.6 is 0 Å². The molecule has 0 aliphatic heterocycles. The zero-order valence-electron chi connectivity index (χ0n) is 15.4. The molecular formula is C17H22N6O3. The molecule has 2 heterocycles. The molecule has 9 heteroatoms. The largest absolute Gasteiger partial charge is 0.397 e. The van der Waals surface area contributed by atoms with Crippen molar-refractivity contribution in [3.05, 3.63) is 35.9 Å². The molecule has 0 saturated heterocycles. The minimum atomic E-state index is -0.517. The predicted octanol–water partition coefficient (Wildman–Crippen LogP) is 1.93. The van der Waals surface area contributed by atoms with Crippen molar-refractivity contribution in [3.8, 4) is 0 Å². The van der Waals surface area contributed by atoms with Crippen LogP contribution in [-0.4, -0.2) is 37.9 Å². The van der Waals surface area contributed by atoms with E-state index in [9.17, 15) is 14.4 Å². The summed E-state index contributed by atoms with van der Waals surface area (Å²) in [5.74, 6) is -0.408. The summed E-state index contributed by atoms with van der Waals surface area (Å²) in [5.41, 5.74) is 6.46. The number of ketones is 2. The van der Waals surface area contributed by atoms with Gasteiger partial charge in [-0.2, -0.15) is 20.4 Å². The summed E-state index contributed by atoms with van der Waals surface area (Å²) in [6.45, 7) is 8.25. The lowest BCUT2D eigenvalue weighted by atomic mass is 9.95. The molecule has 2 rings (SSSR count). The van der Waals surface area contributed by atoms with Crippen molar-refractivity contribution >= 4 is 28.8 Å². The molecule has 0 bridgehead atoms. The van der Waals surface area contributed by atoms with Gasteiger partial charge < -0.3 is 11.1 Å². The lowest BCUT2D eigenvalue weighted by Crippen LogP contribution is -2.28. The Labute approximate surface area is 151 Å². The average Bonchev–Trinajstić information content (AvgIpc) is 2.55. The molecular weight excluding hydrogens is 336 g/mol. The van der Waals surface area contributed by atoms with Crippen molar-refractivity contribution < 1.29 is 14.4 Å². The molecule has 0 atom stereocenters. The second-order valence-corrected chi connectivity index (χ2v) is 6.49. The lowest BCUT2D eigenvalue weighted by molar-refractivity contribution is -0.123. The van der Waals surface area contributed by atoms with E-state index in [1.54, 1.807) is 20.8 Å². The number of rotatable bonds is 3. The summed E-state index contributed by atoms with van der Waals surface area (Å²) in [7, 11) is 0. The number of hydrogen-bond donors (Lipinski definition) is 2. The number of hydrogen-bond acceptors (Lipinski definition) is 8. The smallest absolute Gasteiger partial charge is 0.229 e. The van der Waals surface area contributed by atoms with Crippen molar-refractivity contribution in [2.24, 2.45) is 5.41 Å². The minimum absolute atomic E-state index is 0.0904. The van der Waals surface area contributed by atoms with Gasteiger partial charge in [0.2, 0.25) is 5.91 Å². The molecule has 26 heavy (non-hydrogen) atoms. The first-order valence-electron chi connectivity index (χ1n) is 7.74. The quantitative estimate of drug-likeness (QED) is 0.793. The maximum absolute atomic E-state index is 11.7. The second kappa shape index (κ2) is 8.75. The van der Waals surface area contributed by atoms with Crippen LogP contribution in [0.1, 0.15) is 55.3 Å². The van der Waals surface area contributed by atoms with Gasteiger partial charge >= 0.3 is 0 Å². The van der Waals surface area contributed by atoms with Gasteiger partial charge in [0.05, 0.1) is 47.3 Å². The van der Waals surface area contributed by atoms with E-state index in [1.807, 2.05) is 0 Å². The van der Waals surface area contributed by atoms with E-state index in [-0.39, 0.29) is 17.5 Å². The van der Waals surface area contributed by atoms with Crippen LogP contribution < -0.4 is 11.1 Å². The summed E-state index contributed by atoms with van der Waals surface area (Å²) in [6, 6.07) is 0. The molecule has 0 fully saturated rings. The van der Waals surface area contributed by atoms with Crippen LogP contribution in [0.5, 0.6) is 0 Å². The highest BCUT2D eigenvalue weighted by atomic mass is 16.2. The Morgan fingerprint density at radius 2 is 1.31 bits per heavy atom. The number of nitrogen functional groups attached to an aromatic ring is 1. The summed E-state index contributed by atoms with van der Waals surface area (Å²) < 4.78 is 0. The number of nitrogens with one attached hydrogen (secondary N) is 1. The van der Waals surface area contributed by atoms with E-state index < -0.39 is 5.41 Å². The van der Waals surface area contributed by atoms with Gasteiger partial charge in [0.15, 0.2) is 11.6 Å². The monoisotopic (exact) mass is 358 g/mol. The van der Waals surface area contributed by atoms with E-state index in [0.717, 1.165) is 0 Å². The first-order valence-corrected chi connectivity index (χ1v) is 7.74. The number of amides is 1. The number of nitrogens with two attached hydrogens (primary N) is 1. The molecule has 1 amide bonds. The molecule has 0 aliphatic rings. The topological polar surface area (TPSA) is 141 Å². The average molecular weight is 358 g/mol. The third-order valence-corrected chi connectivity index (χ3v) is 3.18. The van der Waals surface area contributed by atoms with Crippen LogP contribution in [0.3, 0.4) is 0 Å². The number of Topliss-reactive ketones (excluding diaryl/α,β-unsaturated/α-hetero) is 2. The standard InChI is InChI=1S/C11H15N3O2.C6H7N3O/c1-7(15)8-5-12-13-6-9(8)14-10(16)11(2,3)4;1-4(10)5-2-8-9-3-6(5)7/h5-6H,1-4H3,(H,12,14,16);2-3H,1H3,(H2,7,8). The highest BCUT2D eigenvalue weighted by Crippen LogP contribution is 2.19. The Hall–Kier alpha value is -3.23. The van der Waals surface area contributed by atoms with Crippen molar-refractivity contribution in [1.82, 2.24) is 20.4 Å². The number of anilines is 2. The van der Waals surface area contributed by atoms with Gasteiger partial charge in [-0.25, -0.2) is 0 Å². The SMILES string of the molecule is CC(=O)c1cnncc1N.CC(=O)c1cnncc1NC(=O)C(C)(C)C. The zero-order chi connectivity index (χ0) is 19.9. The molecule has 0 spiro atoms. The van der Waals surface area contributed by atoms with Gasteiger partial charge in [-0.1, -0.05) is 20.8 Å². The maximum Gasteiger partial charge on any atom is 0.229 e. The fraction of sp³-hybridized carbons (Fsp3) is 0.353. The Morgan fingerprint density at radius 3 is 1.73 bits per heavy atom. The summed E-state index contributed by atoms with van der Waals surface area (Å²) in [4.78, 5) is 33.7. The Bertz CT molecular complexity index is 814. The highest BCUT2D eigenvalue weighted by Gasteiger charge is 2.22. The van der Waals surface area contributed by atoms with Gasteiger partial charge in [-0.05, 0) is 13.8 Å². The van der Waals surface area contributed by atoms with E-state index >= 15 is 0 Å². The van der Waals surface area contributed by atoms with Crippen LogP contribution in [0, 0.1) is 5.41 Å². The van der Waals surface area contributed by atoms with Crippen molar-refractivity contribution in [1.29, 1.82) is 0 Å². The van der Waals surface area contributed by atoms with Crippen LogP contribution in [0.4, 0.5) is 11.4 Å². The summed E-state index contributed by atoms with van der Waals surface area (Å²) in [5, 5.41) is 16.9. The summed E-state index contributed by atoms with van der Waals surface area (Å²) in [6.07, 6.45) is 5.44. The number of carbonyl (C=O) groups is 3. The van der Waals surface area contributed by atoms with Crippen molar-refractivity contribution in [2.75, 3.05) is 11.1 Å². The van der Waals surface area contributed by atoms with E-state index in [2.05, 4.69) is 25.7 Å². The predicted molar refractivity (Wildman–Crippen MR) is 96.6 cm³/mol. The zero-order valence-corrected chi connectivity index (χ0v) is 15.4. The maximum atomic E-state index is 11.7. The molecule has 0 aromatic carbocycles. The minimum Gasteiger partial charge on any atom is -0.397 e.